The molecule has 51 heavy (non-hydrogen) atoms. The summed E-state index contributed by atoms with van der Waals surface area (Å²) >= 11 is 0. The van der Waals surface area contributed by atoms with E-state index in [9.17, 15) is 0 Å². The van der Waals surface area contributed by atoms with Crippen LogP contribution in [-0.2, 0) is 0 Å². The van der Waals surface area contributed by atoms with Gasteiger partial charge >= 0.3 is 0 Å². The third-order valence-electron chi connectivity index (χ3n) is 10.1. The van der Waals surface area contributed by atoms with E-state index < -0.39 is 0 Å². The van der Waals surface area contributed by atoms with Crippen LogP contribution < -0.4 is 4.90 Å². The smallest absolute Gasteiger partial charge is 0.0493 e. The summed E-state index contributed by atoms with van der Waals surface area (Å²) in [5.41, 5.74) is 17.1. The van der Waals surface area contributed by atoms with Crippen molar-refractivity contribution in [3.05, 3.63) is 215 Å². The second-order valence-corrected chi connectivity index (χ2v) is 13.3. The van der Waals surface area contributed by atoms with Crippen LogP contribution in [0.4, 0.5) is 11.4 Å². The van der Waals surface area contributed by atoms with E-state index in [-0.39, 0.29) is 0 Å². The van der Waals surface area contributed by atoms with Gasteiger partial charge in [-0.05, 0) is 105 Å². The van der Waals surface area contributed by atoms with Crippen LogP contribution in [0.2, 0.25) is 0 Å². The van der Waals surface area contributed by atoms with Gasteiger partial charge in [-0.2, -0.15) is 0 Å². The molecule has 1 heteroatoms. The zero-order chi connectivity index (χ0) is 34.6. The Labute approximate surface area is 302 Å². The van der Waals surface area contributed by atoms with Crippen LogP contribution in [0, 0.1) is 0 Å². The molecule has 0 amide bonds. The summed E-state index contributed by atoms with van der Waals surface area (Å²) in [5.74, 6) is 0. The molecule has 7 aromatic rings. The molecule has 0 aliphatic carbocycles. The zero-order valence-corrected chi connectivity index (χ0v) is 29.2. The SMILES string of the molecule is CCC(C)N1c2ccc(C=C(c3ccccc3)c3ccccc3)cc2-c2ccccc2-c2cc(C=C(c3ccccc3)c3ccccc3)ccc21. The maximum Gasteiger partial charge on any atom is 0.0493 e. The van der Waals surface area contributed by atoms with Gasteiger partial charge < -0.3 is 4.90 Å². The Kier molecular flexibility index (Phi) is 9.02. The number of fused-ring (bicyclic) bond motifs is 5. The van der Waals surface area contributed by atoms with Gasteiger partial charge in [-0.25, -0.2) is 0 Å². The van der Waals surface area contributed by atoms with Gasteiger partial charge in [0.05, 0.1) is 0 Å². The number of anilines is 2. The van der Waals surface area contributed by atoms with Gasteiger partial charge in [0.25, 0.3) is 0 Å². The van der Waals surface area contributed by atoms with Gasteiger partial charge in [-0.1, -0.05) is 165 Å². The average Bonchev–Trinajstić information content (AvgIpc) is 3.32. The number of hydrogen-bond acceptors (Lipinski definition) is 1. The molecule has 0 bridgehead atoms. The third kappa shape index (κ3) is 6.47. The van der Waals surface area contributed by atoms with Gasteiger partial charge in [0.15, 0.2) is 0 Å². The molecular formula is C50H41N. The van der Waals surface area contributed by atoms with Crippen molar-refractivity contribution in [1.29, 1.82) is 0 Å². The summed E-state index contributed by atoms with van der Waals surface area (Å²) in [6, 6.07) is 66.1. The lowest BCUT2D eigenvalue weighted by Gasteiger charge is -2.33. The molecule has 7 aromatic carbocycles. The first-order chi connectivity index (χ1) is 25.2. The summed E-state index contributed by atoms with van der Waals surface area (Å²) in [6.45, 7) is 4.63. The predicted octanol–water partition coefficient (Wildman–Crippen LogP) is 13.4. The lowest BCUT2D eigenvalue weighted by Crippen LogP contribution is -2.28. The van der Waals surface area contributed by atoms with Crippen LogP contribution in [0.25, 0.3) is 45.6 Å². The Balaban J connectivity index is 1.31. The Morgan fingerprint density at radius 1 is 0.431 bits per heavy atom. The zero-order valence-electron chi connectivity index (χ0n) is 29.2. The summed E-state index contributed by atoms with van der Waals surface area (Å²) in [5, 5.41) is 0. The Hall–Kier alpha value is -6.18. The standard InChI is InChI=1S/C50H41N/c1-3-36(2)51-49-30-28-37(32-45(39-18-8-4-9-19-39)40-20-10-5-11-21-40)34-47(49)43-26-16-17-27-44(43)48-35-38(29-31-50(48)51)33-46(41-22-12-6-13-23-41)42-24-14-7-15-25-42/h4-36H,3H2,1-2H3. The van der Waals surface area contributed by atoms with Gasteiger partial charge in [-0.15, -0.1) is 0 Å². The van der Waals surface area contributed by atoms with E-state index in [1.54, 1.807) is 0 Å². The molecule has 0 fully saturated rings. The van der Waals surface area contributed by atoms with Gasteiger partial charge in [0.1, 0.15) is 0 Å². The monoisotopic (exact) mass is 655 g/mol. The van der Waals surface area contributed by atoms with E-state index in [1.807, 2.05) is 0 Å². The van der Waals surface area contributed by atoms with E-state index in [2.05, 4.69) is 213 Å². The molecule has 1 aliphatic rings. The number of hydrogen-bond donors (Lipinski definition) is 0. The van der Waals surface area contributed by atoms with Crippen LogP contribution in [0.15, 0.2) is 182 Å². The van der Waals surface area contributed by atoms with Crippen molar-refractivity contribution in [3.8, 4) is 22.3 Å². The molecule has 1 nitrogen and oxygen atoms in total. The molecule has 1 heterocycles. The van der Waals surface area contributed by atoms with Crippen molar-refractivity contribution in [2.24, 2.45) is 0 Å². The normalized spacial score (nSPS) is 12.1. The topological polar surface area (TPSA) is 3.24 Å². The predicted molar refractivity (Wildman–Crippen MR) is 219 cm³/mol. The van der Waals surface area contributed by atoms with E-state index >= 15 is 0 Å². The van der Waals surface area contributed by atoms with Crippen LogP contribution in [0.5, 0.6) is 0 Å². The molecule has 0 aromatic heterocycles. The fourth-order valence-electron chi connectivity index (χ4n) is 7.35. The molecule has 8 rings (SSSR count). The molecule has 0 saturated heterocycles. The number of benzene rings is 7. The molecule has 0 radical (unpaired) electrons. The number of nitrogens with zero attached hydrogens (tertiary/aromatic N) is 1. The van der Waals surface area contributed by atoms with E-state index in [1.165, 1.54) is 78.2 Å². The van der Waals surface area contributed by atoms with Crippen molar-refractivity contribution in [2.45, 2.75) is 26.3 Å². The average molecular weight is 656 g/mol. The quantitative estimate of drug-likeness (QED) is 0.147. The molecule has 1 unspecified atom stereocenters. The van der Waals surface area contributed by atoms with Gasteiger partial charge in [0.2, 0.25) is 0 Å². The first-order valence-corrected chi connectivity index (χ1v) is 18.0. The van der Waals surface area contributed by atoms with E-state index in [0.29, 0.717) is 6.04 Å². The van der Waals surface area contributed by atoms with Crippen molar-refractivity contribution < 1.29 is 0 Å². The van der Waals surface area contributed by atoms with Crippen LogP contribution >= 0.6 is 0 Å². The van der Waals surface area contributed by atoms with Crippen molar-refractivity contribution in [2.75, 3.05) is 4.90 Å². The Bertz CT molecular complexity index is 2090. The van der Waals surface area contributed by atoms with E-state index in [0.717, 1.165) is 6.42 Å². The highest BCUT2D eigenvalue weighted by Crippen LogP contribution is 2.49. The molecule has 0 saturated carbocycles. The first-order valence-electron chi connectivity index (χ1n) is 18.0. The minimum Gasteiger partial charge on any atom is -0.338 e. The van der Waals surface area contributed by atoms with Crippen molar-refractivity contribution in [3.63, 3.8) is 0 Å². The molecule has 1 aliphatic heterocycles. The summed E-state index contributed by atoms with van der Waals surface area (Å²) in [7, 11) is 0. The fraction of sp³-hybridized carbons (Fsp3) is 0.0800. The second-order valence-electron chi connectivity index (χ2n) is 13.3. The highest BCUT2D eigenvalue weighted by atomic mass is 15.2. The van der Waals surface area contributed by atoms with Crippen molar-refractivity contribution >= 4 is 34.7 Å². The maximum absolute atomic E-state index is 2.57. The van der Waals surface area contributed by atoms with Gasteiger partial charge in [-0.3, -0.25) is 0 Å². The Morgan fingerprint density at radius 2 is 0.765 bits per heavy atom. The first kappa shape index (κ1) is 32.0. The molecule has 0 spiro atoms. The Morgan fingerprint density at radius 3 is 1.10 bits per heavy atom. The highest BCUT2D eigenvalue weighted by molar-refractivity contribution is 6.02. The summed E-state index contributed by atoms with van der Waals surface area (Å²) in [4.78, 5) is 2.57. The van der Waals surface area contributed by atoms with Crippen LogP contribution in [-0.4, -0.2) is 6.04 Å². The minimum atomic E-state index is 0.299. The summed E-state index contributed by atoms with van der Waals surface area (Å²) < 4.78 is 0. The second kappa shape index (κ2) is 14.4. The third-order valence-corrected chi connectivity index (χ3v) is 10.1. The van der Waals surface area contributed by atoms with Crippen LogP contribution in [0.1, 0.15) is 53.6 Å². The molecule has 1 atom stereocenters. The van der Waals surface area contributed by atoms with Gasteiger partial charge in [0, 0.05) is 28.5 Å². The summed E-state index contributed by atoms with van der Waals surface area (Å²) in [6.07, 6.45) is 5.71. The molecular weight excluding hydrogens is 615 g/mol. The number of rotatable bonds is 8. The molecule has 246 valence electrons. The highest BCUT2D eigenvalue weighted by Gasteiger charge is 2.28. The lowest BCUT2D eigenvalue weighted by atomic mass is 9.91. The minimum absolute atomic E-state index is 0.299. The molecule has 0 N–H and O–H groups in total. The fourth-order valence-corrected chi connectivity index (χ4v) is 7.35. The lowest BCUT2D eigenvalue weighted by molar-refractivity contribution is 0.689. The van der Waals surface area contributed by atoms with E-state index in [4.69, 9.17) is 0 Å². The van der Waals surface area contributed by atoms with Crippen LogP contribution in [0.3, 0.4) is 0 Å². The maximum atomic E-state index is 2.57. The largest absolute Gasteiger partial charge is 0.338 e. The van der Waals surface area contributed by atoms with Crippen molar-refractivity contribution in [1.82, 2.24) is 0 Å².